The van der Waals surface area contributed by atoms with Gasteiger partial charge in [0, 0.05) is 42.2 Å². The van der Waals surface area contributed by atoms with Gasteiger partial charge in [-0.2, -0.15) is 5.10 Å². The summed E-state index contributed by atoms with van der Waals surface area (Å²) in [7, 11) is -1.81. The average molecular weight is 356 g/mol. The monoisotopic (exact) mass is 356 g/mol. The van der Waals surface area contributed by atoms with Crippen LogP contribution in [-0.4, -0.2) is 27.2 Å². The van der Waals surface area contributed by atoms with Crippen LogP contribution in [0.5, 0.6) is 0 Å². The molecule has 7 heteroatoms. The molecular formula is C18H20N4O2S. The first-order valence-corrected chi connectivity index (χ1v) is 9.36. The number of allylic oxidation sites excluding steroid dienone is 3. The molecule has 0 saturated carbocycles. The van der Waals surface area contributed by atoms with E-state index in [1.165, 1.54) is 16.1 Å². The Hall–Kier alpha value is -2.67. The number of aromatic nitrogens is 4. The molecule has 0 N–H and O–H groups in total. The summed E-state index contributed by atoms with van der Waals surface area (Å²) in [6.45, 7) is 7.11. The summed E-state index contributed by atoms with van der Waals surface area (Å²) in [5, 5.41) is 5.01. The normalized spacial score (nSPS) is 12.7. The molecule has 0 spiro atoms. The van der Waals surface area contributed by atoms with Crippen LogP contribution in [0.1, 0.15) is 19.4 Å². The number of rotatable bonds is 5. The fourth-order valence-electron chi connectivity index (χ4n) is 2.74. The standard InChI is InChI=1S/C18H20N4O2S/c1-5-7-13(3)25(23,24)22-12-14(6-2)17-8-15(9-19-18(17)22)16-10-20-21(4)11-16/h5,7-12H,1,6H2,2-4H3. The van der Waals surface area contributed by atoms with Crippen LogP contribution in [0.4, 0.5) is 0 Å². The van der Waals surface area contributed by atoms with Crippen LogP contribution >= 0.6 is 0 Å². The van der Waals surface area contributed by atoms with Crippen LogP contribution in [0.25, 0.3) is 22.2 Å². The second-order valence-corrected chi connectivity index (χ2v) is 7.81. The lowest BCUT2D eigenvalue weighted by Gasteiger charge is -2.07. The summed E-state index contributed by atoms with van der Waals surface area (Å²) in [5.41, 5.74) is 3.21. The molecule has 130 valence electrons. The number of fused-ring (bicyclic) bond motifs is 1. The van der Waals surface area contributed by atoms with Gasteiger partial charge in [0.05, 0.1) is 11.1 Å². The van der Waals surface area contributed by atoms with Crippen LogP contribution in [0.15, 0.2) is 54.5 Å². The van der Waals surface area contributed by atoms with Crippen molar-refractivity contribution in [1.82, 2.24) is 18.7 Å². The average Bonchev–Trinajstić information content (AvgIpc) is 3.18. The summed E-state index contributed by atoms with van der Waals surface area (Å²) in [6, 6.07) is 1.97. The minimum absolute atomic E-state index is 0.222. The van der Waals surface area contributed by atoms with Gasteiger partial charge in [-0.1, -0.05) is 19.6 Å². The van der Waals surface area contributed by atoms with Crippen molar-refractivity contribution in [3.63, 3.8) is 0 Å². The Morgan fingerprint density at radius 1 is 1.28 bits per heavy atom. The van der Waals surface area contributed by atoms with Crippen LogP contribution in [0.3, 0.4) is 0 Å². The molecule has 3 aromatic heterocycles. The molecule has 0 saturated heterocycles. The fourth-order valence-corrected chi connectivity index (χ4v) is 3.96. The van der Waals surface area contributed by atoms with Gasteiger partial charge >= 0.3 is 0 Å². The van der Waals surface area contributed by atoms with Crippen molar-refractivity contribution < 1.29 is 8.42 Å². The van der Waals surface area contributed by atoms with Crippen molar-refractivity contribution in [1.29, 1.82) is 0 Å². The molecule has 25 heavy (non-hydrogen) atoms. The van der Waals surface area contributed by atoms with E-state index in [-0.39, 0.29) is 4.91 Å². The largest absolute Gasteiger partial charge is 0.275 e. The van der Waals surface area contributed by atoms with E-state index in [0.717, 1.165) is 22.1 Å². The lowest BCUT2D eigenvalue weighted by molar-refractivity contribution is 0.595. The molecule has 3 aromatic rings. The van der Waals surface area contributed by atoms with Crippen molar-refractivity contribution in [2.75, 3.05) is 0 Å². The molecular weight excluding hydrogens is 336 g/mol. The zero-order chi connectivity index (χ0) is 18.2. The molecule has 0 bridgehead atoms. The van der Waals surface area contributed by atoms with E-state index < -0.39 is 10.0 Å². The highest BCUT2D eigenvalue weighted by atomic mass is 32.2. The summed E-state index contributed by atoms with van der Waals surface area (Å²) in [6.07, 6.45) is 10.7. The van der Waals surface area contributed by atoms with Gasteiger partial charge < -0.3 is 0 Å². The Bertz CT molecular complexity index is 1090. The molecule has 0 atom stereocenters. The third-order valence-corrected chi connectivity index (χ3v) is 5.88. The summed E-state index contributed by atoms with van der Waals surface area (Å²) < 4.78 is 28.6. The maximum atomic E-state index is 12.8. The minimum atomic E-state index is -3.66. The summed E-state index contributed by atoms with van der Waals surface area (Å²) >= 11 is 0. The second-order valence-electron chi connectivity index (χ2n) is 5.82. The van der Waals surface area contributed by atoms with Crippen molar-refractivity contribution in [2.24, 2.45) is 7.05 Å². The Morgan fingerprint density at radius 3 is 2.64 bits per heavy atom. The maximum Gasteiger partial charge on any atom is 0.265 e. The Balaban J connectivity index is 2.24. The molecule has 3 heterocycles. The summed E-state index contributed by atoms with van der Waals surface area (Å²) in [4.78, 5) is 4.66. The van der Waals surface area contributed by atoms with E-state index in [4.69, 9.17) is 0 Å². The van der Waals surface area contributed by atoms with Gasteiger partial charge in [-0.05, 0) is 31.1 Å². The minimum Gasteiger partial charge on any atom is -0.275 e. The molecule has 0 fully saturated rings. The first kappa shape index (κ1) is 17.2. The van der Waals surface area contributed by atoms with E-state index in [9.17, 15) is 8.42 Å². The Labute approximate surface area is 147 Å². The highest BCUT2D eigenvalue weighted by Crippen LogP contribution is 2.28. The predicted octanol–water partition coefficient (Wildman–Crippen LogP) is 3.27. The van der Waals surface area contributed by atoms with Gasteiger partial charge in [-0.15, -0.1) is 0 Å². The van der Waals surface area contributed by atoms with Crippen molar-refractivity contribution in [3.8, 4) is 11.1 Å². The van der Waals surface area contributed by atoms with Crippen LogP contribution in [-0.2, 0) is 23.5 Å². The third kappa shape index (κ3) is 2.91. The zero-order valence-corrected chi connectivity index (χ0v) is 15.3. The number of hydrogen-bond donors (Lipinski definition) is 0. The zero-order valence-electron chi connectivity index (χ0n) is 14.5. The van der Waals surface area contributed by atoms with Crippen molar-refractivity contribution >= 4 is 21.1 Å². The van der Waals surface area contributed by atoms with Gasteiger partial charge in [0.25, 0.3) is 10.0 Å². The quantitative estimate of drug-likeness (QED) is 0.658. The molecule has 0 unspecified atom stereocenters. The first-order chi connectivity index (χ1) is 11.9. The predicted molar refractivity (Wildman–Crippen MR) is 99.6 cm³/mol. The molecule has 6 nitrogen and oxygen atoms in total. The number of hydrogen-bond acceptors (Lipinski definition) is 4. The molecule has 0 aliphatic heterocycles. The lowest BCUT2D eigenvalue weighted by atomic mass is 10.1. The SMILES string of the molecule is C=CC=C(C)S(=O)(=O)n1cc(CC)c2cc(-c3cnn(C)c3)cnc21. The Morgan fingerprint density at radius 2 is 2.04 bits per heavy atom. The smallest absolute Gasteiger partial charge is 0.265 e. The first-order valence-electron chi connectivity index (χ1n) is 7.92. The number of pyridine rings is 1. The van der Waals surface area contributed by atoms with Gasteiger partial charge in [-0.3, -0.25) is 4.68 Å². The van der Waals surface area contributed by atoms with E-state index in [1.807, 2.05) is 26.2 Å². The topological polar surface area (TPSA) is 69.8 Å². The van der Waals surface area contributed by atoms with E-state index in [0.29, 0.717) is 12.1 Å². The summed E-state index contributed by atoms with van der Waals surface area (Å²) in [5.74, 6) is 0. The van der Waals surface area contributed by atoms with Gasteiger partial charge in [-0.25, -0.2) is 17.4 Å². The van der Waals surface area contributed by atoms with E-state index in [1.54, 1.807) is 30.2 Å². The molecule has 0 amide bonds. The highest BCUT2D eigenvalue weighted by molar-refractivity contribution is 7.93. The second kappa shape index (κ2) is 6.33. The maximum absolute atomic E-state index is 12.8. The number of aryl methyl sites for hydroxylation is 2. The van der Waals surface area contributed by atoms with E-state index >= 15 is 0 Å². The van der Waals surface area contributed by atoms with Crippen LogP contribution in [0.2, 0.25) is 0 Å². The van der Waals surface area contributed by atoms with Gasteiger partial charge in [0.2, 0.25) is 0 Å². The van der Waals surface area contributed by atoms with Gasteiger partial charge in [0.1, 0.15) is 0 Å². The van der Waals surface area contributed by atoms with E-state index in [2.05, 4.69) is 16.7 Å². The van der Waals surface area contributed by atoms with Crippen molar-refractivity contribution in [3.05, 3.63) is 60.1 Å². The van der Waals surface area contributed by atoms with Crippen LogP contribution < -0.4 is 0 Å². The molecule has 0 aliphatic rings. The molecule has 0 aromatic carbocycles. The highest BCUT2D eigenvalue weighted by Gasteiger charge is 2.21. The third-order valence-electron chi connectivity index (χ3n) is 4.13. The van der Waals surface area contributed by atoms with Crippen LogP contribution in [0, 0.1) is 0 Å². The molecule has 0 aliphatic carbocycles. The fraction of sp³-hybridized carbons (Fsp3) is 0.222. The van der Waals surface area contributed by atoms with Crippen molar-refractivity contribution in [2.45, 2.75) is 20.3 Å². The Kier molecular flexibility index (Phi) is 4.34. The lowest BCUT2D eigenvalue weighted by Crippen LogP contribution is -2.12. The van der Waals surface area contributed by atoms with Gasteiger partial charge in [0.15, 0.2) is 5.65 Å². The molecule has 0 radical (unpaired) electrons. The number of nitrogens with zero attached hydrogens (tertiary/aromatic N) is 4. The molecule has 3 rings (SSSR count).